The van der Waals surface area contributed by atoms with Crippen molar-refractivity contribution >= 4 is 0 Å². The van der Waals surface area contributed by atoms with Gasteiger partial charge in [-0.2, -0.15) is 0 Å². The minimum Gasteiger partial charge on any atom is -0.256 e. The second kappa shape index (κ2) is 3.18. The lowest BCUT2D eigenvalue weighted by Crippen LogP contribution is -1.79. The van der Waals surface area contributed by atoms with E-state index in [-0.39, 0.29) is 18.1 Å². The molecule has 0 saturated carbocycles. The fourth-order valence-electron chi connectivity index (χ4n) is 0.992. The highest BCUT2D eigenvalue weighted by molar-refractivity contribution is 5.58. The Labute approximate surface area is 75.9 Å². The highest BCUT2D eigenvalue weighted by atomic mass is 14.7. The van der Waals surface area contributed by atoms with Gasteiger partial charge in [0.2, 0.25) is 0 Å². The van der Waals surface area contributed by atoms with Crippen LogP contribution in [-0.4, -0.2) is 4.98 Å². The highest BCUT2D eigenvalue weighted by Gasteiger charge is 1.93. The molecule has 2 aromatic rings. The predicted octanol–water partition coefficient (Wildman–Crippen LogP) is 2.75. The van der Waals surface area contributed by atoms with Crippen LogP contribution in [-0.2, 0) is 0 Å². The molecule has 0 saturated heterocycles. The lowest BCUT2D eigenvalue weighted by Gasteiger charge is -1.97. The van der Waals surface area contributed by atoms with E-state index in [9.17, 15) is 0 Å². The van der Waals surface area contributed by atoms with Gasteiger partial charge in [-0.3, -0.25) is 4.98 Å². The van der Waals surface area contributed by atoms with E-state index in [1.165, 1.54) is 0 Å². The second-order valence-electron chi connectivity index (χ2n) is 2.37. The molecule has 0 fully saturated rings. The summed E-state index contributed by atoms with van der Waals surface area (Å²) in [4.78, 5) is 4.13. The standard InChI is InChI=1S/C11H9N/c1-2-6-10(7-3-1)11-8-4-5-9-12-11/h1-9H/i1D,2D,3D. The molecule has 0 aliphatic carbocycles. The van der Waals surface area contributed by atoms with Gasteiger partial charge < -0.3 is 0 Å². The van der Waals surface area contributed by atoms with Crippen LogP contribution >= 0.6 is 0 Å². The minimum atomic E-state index is -0.0466. The van der Waals surface area contributed by atoms with E-state index >= 15 is 0 Å². The Morgan fingerprint density at radius 3 is 2.50 bits per heavy atom. The van der Waals surface area contributed by atoms with Crippen molar-refractivity contribution in [1.29, 1.82) is 0 Å². The van der Waals surface area contributed by atoms with Crippen LogP contribution in [0.3, 0.4) is 0 Å². The van der Waals surface area contributed by atoms with Crippen molar-refractivity contribution in [2.24, 2.45) is 0 Å². The first-order valence-corrected chi connectivity index (χ1v) is 3.68. The predicted molar refractivity (Wildman–Crippen MR) is 49.7 cm³/mol. The Kier molecular flexibility index (Phi) is 1.17. The molecule has 0 spiro atoms. The molecule has 1 aromatic heterocycles. The number of aromatic nitrogens is 1. The van der Waals surface area contributed by atoms with Crippen LogP contribution in [0, 0.1) is 0 Å². The molecule has 1 nitrogen and oxygen atoms in total. The van der Waals surface area contributed by atoms with Gasteiger partial charge in [-0.15, -0.1) is 0 Å². The van der Waals surface area contributed by atoms with E-state index in [2.05, 4.69) is 4.98 Å². The molecular weight excluding hydrogens is 146 g/mol. The van der Waals surface area contributed by atoms with Crippen molar-refractivity contribution in [3.05, 3.63) is 54.7 Å². The maximum absolute atomic E-state index is 7.52. The van der Waals surface area contributed by atoms with Gasteiger partial charge in [0.15, 0.2) is 0 Å². The summed E-state index contributed by atoms with van der Waals surface area (Å²) in [6.45, 7) is 0. The molecule has 0 aliphatic rings. The molecule has 1 heterocycles. The molecule has 0 aliphatic heterocycles. The zero-order chi connectivity index (χ0) is 10.8. The Morgan fingerprint density at radius 1 is 1.00 bits per heavy atom. The topological polar surface area (TPSA) is 12.9 Å². The van der Waals surface area contributed by atoms with Crippen molar-refractivity contribution in [1.82, 2.24) is 4.98 Å². The molecule has 0 radical (unpaired) electrons. The summed E-state index contributed by atoms with van der Waals surface area (Å²) in [6, 6.07) is 8.67. The van der Waals surface area contributed by atoms with Crippen molar-refractivity contribution in [2.45, 2.75) is 0 Å². The first-order valence-electron chi connectivity index (χ1n) is 5.18. The van der Waals surface area contributed by atoms with Gasteiger partial charge in [0.1, 0.15) is 0 Å². The third-order valence-corrected chi connectivity index (χ3v) is 1.56. The molecule has 1 aromatic carbocycles. The molecule has 12 heavy (non-hydrogen) atoms. The zero-order valence-electron chi connectivity index (χ0n) is 9.41. The number of nitrogens with zero attached hydrogens (tertiary/aromatic N) is 1. The maximum atomic E-state index is 7.52. The van der Waals surface area contributed by atoms with Gasteiger partial charge in [-0.05, 0) is 12.1 Å². The molecule has 58 valence electrons. The van der Waals surface area contributed by atoms with Gasteiger partial charge in [0, 0.05) is 11.8 Å². The Balaban J connectivity index is 2.56. The Bertz CT molecular complexity index is 459. The third-order valence-electron chi connectivity index (χ3n) is 1.56. The van der Waals surface area contributed by atoms with Crippen LogP contribution in [0.1, 0.15) is 4.11 Å². The van der Waals surface area contributed by atoms with Gasteiger partial charge >= 0.3 is 0 Å². The Hall–Kier alpha value is -1.63. The van der Waals surface area contributed by atoms with Crippen LogP contribution in [0.15, 0.2) is 54.7 Å². The van der Waals surface area contributed by atoms with Crippen molar-refractivity contribution in [2.75, 3.05) is 0 Å². The fraction of sp³-hybridized carbons (Fsp3) is 0. The lowest BCUT2D eigenvalue weighted by atomic mass is 10.1. The van der Waals surface area contributed by atoms with E-state index in [1.807, 2.05) is 18.2 Å². The van der Waals surface area contributed by atoms with Crippen LogP contribution in [0.25, 0.3) is 11.3 Å². The fourth-order valence-corrected chi connectivity index (χ4v) is 0.992. The molecule has 0 unspecified atom stereocenters. The van der Waals surface area contributed by atoms with Crippen LogP contribution in [0.5, 0.6) is 0 Å². The Morgan fingerprint density at radius 2 is 1.83 bits per heavy atom. The summed E-state index contributed by atoms with van der Waals surface area (Å²) >= 11 is 0. The lowest BCUT2D eigenvalue weighted by molar-refractivity contribution is 1.33. The van der Waals surface area contributed by atoms with E-state index in [1.54, 1.807) is 18.3 Å². The van der Waals surface area contributed by atoms with Gasteiger partial charge in [-0.25, -0.2) is 0 Å². The average Bonchev–Trinajstić information content (AvgIpc) is 2.26. The molecule has 0 N–H and O–H groups in total. The number of pyridine rings is 1. The third kappa shape index (κ3) is 1.35. The molecule has 1 heteroatoms. The van der Waals surface area contributed by atoms with Crippen LogP contribution in [0.4, 0.5) is 0 Å². The number of hydrogen-bond acceptors (Lipinski definition) is 1. The van der Waals surface area contributed by atoms with Crippen LogP contribution < -0.4 is 0 Å². The maximum Gasteiger partial charge on any atom is 0.0701 e. The van der Waals surface area contributed by atoms with E-state index in [0.29, 0.717) is 5.56 Å². The van der Waals surface area contributed by atoms with E-state index < -0.39 is 0 Å². The molecule has 2 rings (SSSR count). The van der Waals surface area contributed by atoms with Crippen molar-refractivity contribution in [3.8, 4) is 11.3 Å². The summed E-state index contributed by atoms with van der Waals surface area (Å²) in [5.74, 6) is 0. The summed E-state index contributed by atoms with van der Waals surface area (Å²) in [5, 5.41) is 0. The number of rotatable bonds is 1. The first-order chi connectivity index (χ1) is 7.18. The second-order valence-corrected chi connectivity index (χ2v) is 2.37. The largest absolute Gasteiger partial charge is 0.256 e. The molecular formula is C11H9N. The minimum absolute atomic E-state index is 0.0466. The van der Waals surface area contributed by atoms with Crippen LogP contribution in [0.2, 0.25) is 0 Å². The SMILES string of the molecule is [2H]c1cc(-c2ccccn2)cc([2H])c1[2H]. The summed E-state index contributed by atoms with van der Waals surface area (Å²) in [6.07, 6.45) is 1.66. The zero-order valence-corrected chi connectivity index (χ0v) is 6.41. The van der Waals surface area contributed by atoms with Crippen molar-refractivity contribution in [3.63, 3.8) is 0 Å². The van der Waals surface area contributed by atoms with Gasteiger partial charge in [0.05, 0.1) is 9.81 Å². The number of hydrogen-bond donors (Lipinski definition) is 0. The van der Waals surface area contributed by atoms with E-state index in [4.69, 9.17) is 4.11 Å². The number of benzene rings is 1. The summed E-state index contributed by atoms with van der Waals surface area (Å²) < 4.78 is 22.4. The smallest absolute Gasteiger partial charge is 0.0701 e. The normalized spacial score (nSPS) is 13.2. The summed E-state index contributed by atoms with van der Waals surface area (Å²) in [5.41, 5.74) is 1.43. The summed E-state index contributed by atoms with van der Waals surface area (Å²) in [7, 11) is 0. The first kappa shape index (κ1) is 4.41. The van der Waals surface area contributed by atoms with Crippen molar-refractivity contribution < 1.29 is 4.11 Å². The highest BCUT2D eigenvalue weighted by Crippen LogP contribution is 2.14. The van der Waals surface area contributed by atoms with E-state index in [0.717, 1.165) is 5.69 Å². The average molecular weight is 158 g/mol. The van der Waals surface area contributed by atoms with Gasteiger partial charge in [-0.1, -0.05) is 36.3 Å². The molecule has 0 amide bonds. The quantitative estimate of drug-likeness (QED) is 0.621. The molecule has 0 bridgehead atoms. The monoisotopic (exact) mass is 158 g/mol. The van der Waals surface area contributed by atoms with Gasteiger partial charge in [0.25, 0.3) is 0 Å². The molecule has 0 atom stereocenters.